The predicted molar refractivity (Wildman–Crippen MR) is 56.1 cm³/mol. The van der Waals surface area contributed by atoms with E-state index in [0.717, 1.165) is 5.01 Å². The van der Waals surface area contributed by atoms with Crippen LogP contribution in [0.2, 0.25) is 0 Å². The van der Waals surface area contributed by atoms with E-state index in [2.05, 4.69) is 4.98 Å². The van der Waals surface area contributed by atoms with Crippen LogP contribution in [0.4, 0.5) is 0 Å². The maximum atomic E-state index is 11.7. The van der Waals surface area contributed by atoms with E-state index >= 15 is 0 Å². The lowest BCUT2D eigenvalue weighted by Crippen LogP contribution is -2.35. The van der Waals surface area contributed by atoms with E-state index in [1.165, 1.54) is 16.2 Å². The van der Waals surface area contributed by atoms with Crippen LogP contribution in [-0.4, -0.2) is 40.0 Å². The van der Waals surface area contributed by atoms with Crippen LogP contribution in [-0.2, 0) is 4.79 Å². The third kappa shape index (κ3) is 3.02. The zero-order valence-electron chi connectivity index (χ0n) is 8.56. The number of carboxylic acid groups (broad SMARTS) is 1. The molecule has 0 aliphatic heterocycles. The van der Waals surface area contributed by atoms with Gasteiger partial charge in [0.05, 0.1) is 5.01 Å². The molecule has 1 rings (SSSR count). The standard InChI is InChI=1S/C9H12N2O3S/c1-3-11(4-8(12)13)9(14)7-5-15-6(2)10-7/h5H,3-4H2,1-2H3,(H,12,13). The van der Waals surface area contributed by atoms with Crippen LogP contribution in [0, 0.1) is 6.92 Å². The summed E-state index contributed by atoms with van der Waals surface area (Å²) in [5.74, 6) is -1.35. The Kier molecular flexibility index (Phi) is 3.79. The van der Waals surface area contributed by atoms with Crippen molar-refractivity contribution in [2.75, 3.05) is 13.1 Å². The molecule has 1 heterocycles. The molecule has 0 fully saturated rings. The number of aliphatic carboxylic acids is 1. The number of carbonyl (C=O) groups is 2. The molecule has 1 N–H and O–H groups in total. The summed E-state index contributed by atoms with van der Waals surface area (Å²) in [5, 5.41) is 11.0. The summed E-state index contributed by atoms with van der Waals surface area (Å²) in [6.45, 7) is 3.61. The second-order valence-corrected chi connectivity index (χ2v) is 4.03. The molecule has 6 heteroatoms. The van der Waals surface area contributed by atoms with Crippen molar-refractivity contribution in [1.82, 2.24) is 9.88 Å². The number of carboxylic acids is 1. The van der Waals surface area contributed by atoms with E-state index in [0.29, 0.717) is 12.2 Å². The van der Waals surface area contributed by atoms with Crippen molar-refractivity contribution in [3.63, 3.8) is 0 Å². The molecule has 0 aliphatic rings. The highest BCUT2D eigenvalue weighted by Crippen LogP contribution is 2.10. The summed E-state index contributed by atoms with van der Waals surface area (Å²) in [6, 6.07) is 0. The average molecular weight is 228 g/mol. The molecule has 0 aliphatic carbocycles. The maximum absolute atomic E-state index is 11.7. The number of hydrogen-bond donors (Lipinski definition) is 1. The maximum Gasteiger partial charge on any atom is 0.323 e. The Balaban J connectivity index is 2.77. The molecule has 82 valence electrons. The first kappa shape index (κ1) is 11.6. The fourth-order valence-electron chi connectivity index (χ4n) is 1.11. The highest BCUT2D eigenvalue weighted by molar-refractivity contribution is 7.09. The number of amides is 1. The Hall–Kier alpha value is -1.43. The van der Waals surface area contributed by atoms with Crippen LogP contribution in [0.3, 0.4) is 0 Å². The largest absolute Gasteiger partial charge is 0.480 e. The summed E-state index contributed by atoms with van der Waals surface area (Å²) >= 11 is 1.37. The van der Waals surface area contributed by atoms with Crippen LogP contribution in [0.15, 0.2) is 5.38 Å². The Morgan fingerprint density at radius 3 is 2.67 bits per heavy atom. The fourth-order valence-corrected chi connectivity index (χ4v) is 1.70. The fraction of sp³-hybridized carbons (Fsp3) is 0.444. The summed E-state index contributed by atoms with van der Waals surface area (Å²) in [5.41, 5.74) is 0.320. The lowest BCUT2D eigenvalue weighted by Gasteiger charge is -2.16. The van der Waals surface area contributed by atoms with Gasteiger partial charge in [-0.2, -0.15) is 0 Å². The number of hydrogen-bond acceptors (Lipinski definition) is 4. The van der Waals surface area contributed by atoms with Crippen LogP contribution >= 0.6 is 11.3 Å². The molecule has 0 unspecified atom stereocenters. The number of likely N-dealkylation sites (N-methyl/N-ethyl adjacent to an activating group) is 1. The van der Waals surface area contributed by atoms with Gasteiger partial charge in [0.25, 0.3) is 5.91 Å². The van der Waals surface area contributed by atoms with Crippen molar-refractivity contribution in [2.24, 2.45) is 0 Å². The monoisotopic (exact) mass is 228 g/mol. The first-order chi connectivity index (χ1) is 7.04. The number of aromatic nitrogens is 1. The Morgan fingerprint density at radius 1 is 1.60 bits per heavy atom. The van der Waals surface area contributed by atoms with Crippen LogP contribution in [0.5, 0.6) is 0 Å². The van der Waals surface area contributed by atoms with Crippen LogP contribution in [0.1, 0.15) is 22.4 Å². The smallest absolute Gasteiger partial charge is 0.323 e. The second kappa shape index (κ2) is 4.88. The van der Waals surface area contributed by atoms with Crippen LogP contribution < -0.4 is 0 Å². The topological polar surface area (TPSA) is 70.5 Å². The predicted octanol–water partition coefficient (Wildman–Crippen LogP) is 0.998. The first-order valence-corrected chi connectivity index (χ1v) is 5.35. The molecule has 0 spiro atoms. The van der Waals surface area contributed by atoms with E-state index in [-0.39, 0.29) is 12.5 Å². The van der Waals surface area contributed by atoms with Gasteiger partial charge >= 0.3 is 5.97 Å². The molecular formula is C9H12N2O3S. The van der Waals surface area contributed by atoms with Crippen molar-refractivity contribution in [3.05, 3.63) is 16.1 Å². The quantitative estimate of drug-likeness (QED) is 0.834. The van der Waals surface area contributed by atoms with Gasteiger partial charge in [-0.1, -0.05) is 0 Å². The molecule has 0 saturated heterocycles. The van der Waals surface area contributed by atoms with Crippen molar-refractivity contribution >= 4 is 23.2 Å². The third-order valence-electron chi connectivity index (χ3n) is 1.83. The zero-order chi connectivity index (χ0) is 11.4. The summed E-state index contributed by atoms with van der Waals surface area (Å²) in [6.07, 6.45) is 0. The summed E-state index contributed by atoms with van der Waals surface area (Å²) < 4.78 is 0. The Bertz CT molecular complexity index is 375. The Morgan fingerprint density at radius 2 is 2.27 bits per heavy atom. The minimum absolute atomic E-state index is 0.286. The molecule has 15 heavy (non-hydrogen) atoms. The van der Waals surface area contributed by atoms with Crippen LogP contribution in [0.25, 0.3) is 0 Å². The lowest BCUT2D eigenvalue weighted by atomic mass is 10.4. The SMILES string of the molecule is CCN(CC(=O)O)C(=O)c1csc(C)n1. The van der Waals surface area contributed by atoms with Crippen molar-refractivity contribution in [1.29, 1.82) is 0 Å². The molecule has 0 radical (unpaired) electrons. The van der Waals surface area contributed by atoms with Gasteiger partial charge in [0.15, 0.2) is 0 Å². The van der Waals surface area contributed by atoms with E-state index in [1.807, 2.05) is 0 Å². The molecule has 1 aromatic heterocycles. The van der Waals surface area contributed by atoms with E-state index in [9.17, 15) is 9.59 Å². The number of carbonyl (C=O) groups excluding carboxylic acids is 1. The first-order valence-electron chi connectivity index (χ1n) is 4.47. The summed E-state index contributed by atoms with van der Waals surface area (Å²) in [7, 11) is 0. The van der Waals surface area contributed by atoms with Gasteiger partial charge in [-0.05, 0) is 13.8 Å². The molecule has 0 bridgehead atoms. The van der Waals surface area contributed by atoms with Gasteiger partial charge in [-0.3, -0.25) is 9.59 Å². The molecule has 0 atom stereocenters. The van der Waals surface area contributed by atoms with E-state index < -0.39 is 5.97 Å². The number of rotatable bonds is 4. The van der Waals surface area contributed by atoms with Crippen molar-refractivity contribution in [2.45, 2.75) is 13.8 Å². The highest BCUT2D eigenvalue weighted by atomic mass is 32.1. The normalized spacial score (nSPS) is 10.0. The highest BCUT2D eigenvalue weighted by Gasteiger charge is 2.18. The number of nitrogens with zero attached hydrogens (tertiary/aromatic N) is 2. The molecule has 5 nitrogen and oxygen atoms in total. The zero-order valence-corrected chi connectivity index (χ0v) is 9.37. The van der Waals surface area contributed by atoms with Gasteiger partial charge in [-0.25, -0.2) is 4.98 Å². The lowest BCUT2D eigenvalue weighted by molar-refractivity contribution is -0.137. The average Bonchev–Trinajstić information content (AvgIpc) is 2.60. The Labute approximate surface area is 91.4 Å². The van der Waals surface area contributed by atoms with Crippen molar-refractivity contribution in [3.8, 4) is 0 Å². The van der Waals surface area contributed by atoms with E-state index in [1.54, 1.807) is 19.2 Å². The number of aryl methyl sites for hydroxylation is 1. The molecular weight excluding hydrogens is 216 g/mol. The minimum Gasteiger partial charge on any atom is -0.480 e. The minimum atomic E-state index is -1.02. The van der Waals surface area contributed by atoms with E-state index in [4.69, 9.17) is 5.11 Å². The second-order valence-electron chi connectivity index (χ2n) is 2.96. The molecule has 1 aromatic rings. The molecule has 0 saturated carbocycles. The van der Waals surface area contributed by atoms with Gasteiger partial charge in [0, 0.05) is 11.9 Å². The van der Waals surface area contributed by atoms with Gasteiger partial charge in [0.1, 0.15) is 12.2 Å². The van der Waals surface area contributed by atoms with Crippen molar-refractivity contribution < 1.29 is 14.7 Å². The van der Waals surface area contributed by atoms with Gasteiger partial charge < -0.3 is 10.0 Å². The number of thiazole rings is 1. The molecule has 0 aromatic carbocycles. The van der Waals surface area contributed by atoms with Gasteiger partial charge in [0.2, 0.25) is 0 Å². The third-order valence-corrected chi connectivity index (χ3v) is 2.61. The summed E-state index contributed by atoms with van der Waals surface area (Å²) in [4.78, 5) is 27.5. The molecule has 1 amide bonds. The van der Waals surface area contributed by atoms with Gasteiger partial charge in [-0.15, -0.1) is 11.3 Å².